The van der Waals surface area contributed by atoms with E-state index in [0.717, 1.165) is 5.56 Å². The van der Waals surface area contributed by atoms with Crippen LogP contribution in [0.2, 0.25) is 0 Å². The monoisotopic (exact) mass is 273 g/mol. The Labute approximate surface area is 116 Å². The molecule has 0 spiro atoms. The van der Waals surface area contributed by atoms with Crippen LogP contribution in [0.3, 0.4) is 0 Å². The average Bonchev–Trinajstić information content (AvgIpc) is 2.48. The van der Waals surface area contributed by atoms with E-state index < -0.39 is 5.97 Å². The van der Waals surface area contributed by atoms with Crippen LogP contribution in [0.15, 0.2) is 42.7 Å². The number of carboxylic acids is 1. The van der Waals surface area contributed by atoms with Crippen molar-refractivity contribution in [3.63, 3.8) is 0 Å². The largest absolute Gasteiger partial charge is 0.497 e. The Kier molecular flexibility index (Phi) is 4.55. The molecular weight excluding hydrogens is 258 g/mol. The van der Waals surface area contributed by atoms with Gasteiger partial charge >= 0.3 is 5.97 Å². The molecule has 20 heavy (non-hydrogen) atoms. The number of nitrogens with zero attached hydrogens (tertiary/aromatic N) is 1. The molecule has 0 radical (unpaired) electrons. The van der Waals surface area contributed by atoms with Gasteiger partial charge in [-0.15, -0.1) is 0 Å². The zero-order valence-electron chi connectivity index (χ0n) is 11.1. The molecule has 0 bridgehead atoms. The minimum atomic E-state index is -1.04. The molecule has 0 fully saturated rings. The first-order valence-electron chi connectivity index (χ1n) is 6.13. The number of methoxy groups -OCH3 is 1. The Morgan fingerprint density at radius 3 is 2.65 bits per heavy atom. The second-order valence-corrected chi connectivity index (χ2v) is 4.12. The lowest BCUT2D eigenvalue weighted by Crippen LogP contribution is -2.06. The van der Waals surface area contributed by atoms with Gasteiger partial charge in [0.25, 0.3) is 0 Å². The van der Waals surface area contributed by atoms with Crippen LogP contribution in [0.5, 0.6) is 11.5 Å². The zero-order valence-corrected chi connectivity index (χ0v) is 11.1. The van der Waals surface area contributed by atoms with E-state index >= 15 is 0 Å². The molecule has 2 rings (SSSR count). The standard InChI is InChI=1S/C15H15NO4/c1-19-12-2-3-14(13(10-12)15(17)18)20-9-6-11-4-7-16-8-5-11/h2-5,7-8,10H,6,9H2,1H3,(H,17,18). The average molecular weight is 273 g/mol. The van der Waals surface area contributed by atoms with Crippen molar-refractivity contribution < 1.29 is 19.4 Å². The maximum absolute atomic E-state index is 11.2. The number of carboxylic acid groups (broad SMARTS) is 1. The van der Waals surface area contributed by atoms with Crippen LogP contribution in [0, 0.1) is 0 Å². The van der Waals surface area contributed by atoms with E-state index in [2.05, 4.69) is 4.98 Å². The van der Waals surface area contributed by atoms with Crippen molar-refractivity contribution in [3.05, 3.63) is 53.9 Å². The molecule has 0 atom stereocenters. The Morgan fingerprint density at radius 2 is 2.00 bits per heavy atom. The number of pyridine rings is 1. The number of rotatable bonds is 6. The summed E-state index contributed by atoms with van der Waals surface area (Å²) in [5.41, 5.74) is 1.18. The summed E-state index contributed by atoms with van der Waals surface area (Å²) in [7, 11) is 1.49. The number of hydrogen-bond acceptors (Lipinski definition) is 4. The predicted molar refractivity (Wildman–Crippen MR) is 73.4 cm³/mol. The molecule has 0 saturated heterocycles. The highest BCUT2D eigenvalue weighted by Gasteiger charge is 2.12. The molecule has 0 aliphatic heterocycles. The number of benzene rings is 1. The molecule has 104 valence electrons. The fourth-order valence-electron chi connectivity index (χ4n) is 1.76. The summed E-state index contributed by atoms with van der Waals surface area (Å²) in [5.74, 6) is -0.209. The van der Waals surface area contributed by atoms with Gasteiger partial charge in [-0.1, -0.05) is 0 Å². The van der Waals surface area contributed by atoms with Crippen LogP contribution in [0.1, 0.15) is 15.9 Å². The summed E-state index contributed by atoms with van der Waals surface area (Å²) < 4.78 is 10.6. The summed E-state index contributed by atoms with van der Waals surface area (Å²) in [5, 5.41) is 9.16. The third-order valence-electron chi connectivity index (χ3n) is 2.81. The molecule has 1 aromatic carbocycles. The third kappa shape index (κ3) is 3.47. The van der Waals surface area contributed by atoms with Crippen LogP contribution >= 0.6 is 0 Å². The second-order valence-electron chi connectivity index (χ2n) is 4.12. The van der Waals surface area contributed by atoms with Crippen molar-refractivity contribution in [2.45, 2.75) is 6.42 Å². The zero-order chi connectivity index (χ0) is 14.4. The number of aromatic nitrogens is 1. The molecule has 1 N–H and O–H groups in total. The Hall–Kier alpha value is -2.56. The van der Waals surface area contributed by atoms with Crippen molar-refractivity contribution in [3.8, 4) is 11.5 Å². The first kappa shape index (κ1) is 13.9. The number of aromatic carboxylic acids is 1. The van der Waals surface area contributed by atoms with Gasteiger partial charge in [0, 0.05) is 18.8 Å². The van der Waals surface area contributed by atoms with Crippen molar-refractivity contribution in [1.29, 1.82) is 0 Å². The van der Waals surface area contributed by atoms with E-state index in [-0.39, 0.29) is 5.56 Å². The second kappa shape index (κ2) is 6.56. The Morgan fingerprint density at radius 1 is 1.25 bits per heavy atom. The molecule has 0 amide bonds. The summed E-state index contributed by atoms with van der Waals surface area (Å²) in [6.45, 7) is 0.399. The minimum Gasteiger partial charge on any atom is -0.497 e. The Bertz CT molecular complexity index is 584. The highest BCUT2D eigenvalue weighted by Crippen LogP contribution is 2.24. The van der Waals surface area contributed by atoms with Gasteiger partial charge in [0.15, 0.2) is 0 Å². The van der Waals surface area contributed by atoms with Crippen molar-refractivity contribution >= 4 is 5.97 Å². The van der Waals surface area contributed by atoms with Gasteiger partial charge in [-0.25, -0.2) is 4.79 Å². The number of carbonyl (C=O) groups is 1. The van der Waals surface area contributed by atoms with E-state index in [1.54, 1.807) is 24.5 Å². The summed E-state index contributed by atoms with van der Waals surface area (Å²) >= 11 is 0. The van der Waals surface area contributed by atoms with Crippen LogP contribution in [0.25, 0.3) is 0 Å². The van der Waals surface area contributed by atoms with Gasteiger partial charge in [0.1, 0.15) is 17.1 Å². The fraction of sp³-hybridized carbons (Fsp3) is 0.200. The molecule has 1 heterocycles. The van der Waals surface area contributed by atoms with E-state index in [0.29, 0.717) is 24.5 Å². The quantitative estimate of drug-likeness (QED) is 0.875. The highest BCUT2D eigenvalue weighted by molar-refractivity contribution is 5.91. The first-order valence-corrected chi connectivity index (χ1v) is 6.13. The van der Waals surface area contributed by atoms with Crippen LogP contribution in [0.4, 0.5) is 0 Å². The van der Waals surface area contributed by atoms with Crippen molar-refractivity contribution in [2.24, 2.45) is 0 Å². The molecule has 0 aliphatic carbocycles. The smallest absolute Gasteiger partial charge is 0.339 e. The maximum Gasteiger partial charge on any atom is 0.339 e. The van der Waals surface area contributed by atoms with Crippen LogP contribution in [-0.2, 0) is 6.42 Å². The predicted octanol–water partition coefficient (Wildman–Crippen LogP) is 2.41. The van der Waals surface area contributed by atoms with E-state index in [1.165, 1.54) is 13.2 Å². The van der Waals surface area contributed by atoms with E-state index in [1.807, 2.05) is 12.1 Å². The molecule has 1 aromatic heterocycles. The Balaban J connectivity index is 2.04. The van der Waals surface area contributed by atoms with Gasteiger partial charge in [0.2, 0.25) is 0 Å². The van der Waals surface area contributed by atoms with Crippen LogP contribution in [-0.4, -0.2) is 29.8 Å². The molecule has 5 heteroatoms. The molecule has 5 nitrogen and oxygen atoms in total. The molecule has 0 aliphatic rings. The molecular formula is C15H15NO4. The lowest BCUT2D eigenvalue weighted by Gasteiger charge is -2.10. The van der Waals surface area contributed by atoms with E-state index in [9.17, 15) is 4.79 Å². The normalized spacial score (nSPS) is 10.1. The van der Waals surface area contributed by atoms with E-state index in [4.69, 9.17) is 14.6 Å². The lowest BCUT2D eigenvalue weighted by molar-refractivity contribution is 0.0692. The molecule has 0 unspecified atom stereocenters. The summed E-state index contributed by atoms with van der Waals surface area (Å²) in [4.78, 5) is 15.1. The fourth-order valence-corrected chi connectivity index (χ4v) is 1.76. The number of ether oxygens (including phenoxy) is 2. The number of hydrogen-bond donors (Lipinski definition) is 1. The first-order chi connectivity index (χ1) is 9.70. The van der Waals surface area contributed by atoms with Crippen molar-refractivity contribution in [2.75, 3.05) is 13.7 Å². The molecule has 2 aromatic rings. The van der Waals surface area contributed by atoms with Gasteiger partial charge in [-0.3, -0.25) is 4.98 Å². The maximum atomic E-state index is 11.2. The summed E-state index contributed by atoms with van der Waals surface area (Å²) in [6.07, 6.45) is 4.12. The van der Waals surface area contributed by atoms with Gasteiger partial charge in [-0.2, -0.15) is 0 Å². The SMILES string of the molecule is COc1ccc(OCCc2ccncc2)c(C(=O)O)c1. The van der Waals surface area contributed by atoms with Crippen LogP contribution < -0.4 is 9.47 Å². The summed E-state index contributed by atoms with van der Waals surface area (Å²) in [6, 6.07) is 8.53. The topological polar surface area (TPSA) is 68.7 Å². The van der Waals surface area contributed by atoms with Gasteiger partial charge in [0.05, 0.1) is 13.7 Å². The highest BCUT2D eigenvalue weighted by atomic mass is 16.5. The van der Waals surface area contributed by atoms with Gasteiger partial charge in [-0.05, 0) is 35.9 Å². The minimum absolute atomic E-state index is 0.0964. The van der Waals surface area contributed by atoms with Crippen molar-refractivity contribution in [1.82, 2.24) is 4.98 Å². The lowest BCUT2D eigenvalue weighted by atomic mass is 10.2. The third-order valence-corrected chi connectivity index (χ3v) is 2.81. The van der Waals surface area contributed by atoms with Gasteiger partial charge < -0.3 is 14.6 Å². The molecule has 0 saturated carbocycles.